The van der Waals surface area contributed by atoms with Gasteiger partial charge in [-0.3, -0.25) is 4.98 Å². The molecule has 1 rings (SSSR count). The van der Waals surface area contributed by atoms with Crippen molar-refractivity contribution in [3.8, 4) is 5.75 Å². The molecule has 0 amide bonds. The predicted molar refractivity (Wildman–Crippen MR) is 63.9 cm³/mol. The Labute approximate surface area is 102 Å². The molecule has 0 aliphatic carbocycles. The average Bonchev–Trinajstić information content (AvgIpc) is 2.28. The maximum absolute atomic E-state index is 9.04. The van der Waals surface area contributed by atoms with E-state index in [-0.39, 0.29) is 25.3 Å². The summed E-state index contributed by atoms with van der Waals surface area (Å²) in [5.74, 6) is 0.711. The highest BCUT2D eigenvalue weighted by Crippen LogP contribution is 2.21. The standard InChI is InChI=1S/C11H17NO3.ClH/c1-4-11(14-3)15-10-5-6-12-9(7-13)8(10)2;/h5-6,11,13H,4,7H2,1-3H3;1H. The first-order valence-corrected chi connectivity index (χ1v) is 4.97. The van der Waals surface area contributed by atoms with E-state index in [9.17, 15) is 0 Å². The van der Waals surface area contributed by atoms with Crippen LogP contribution in [-0.2, 0) is 11.3 Å². The number of nitrogens with zero attached hydrogens (tertiary/aromatic N) is 1. The van der Waals surface area contributed by atoms with E-state index in [1.807, 2.05) is 13.8 Å². The van der Waals surface area contributed by atoms with Crippen LogP contribution in [0.2, 0.25) is 0 Å². The number of rotatable bonds is 5. The molecule has 1 N–H and O–H groups in total. The highest BCUT2D eigenvalue weighted by Gasteiger charge is 2.10. The normalized spacial score (nSPS) is 11.8. The molecule has 0 aliphatic heterocycles. The fraction of sp³-hybridized carbons (Fsp3) is 0.545. The van der Waals surface area contributed by atoms with Crippen molar-refractivity contribution in [3.63, 3.8) is 0 Å². The van der Waals surface area contributed by atoms with Crippen molar-refractivity contribution in [1.82, 2.24) is 4.98 Å². The molecule has 4 nitrogen and oxygen atoms in total. The first-order chi connectivity index (χ1) is 7.22. The summed E-state index contributed by atoms with van der Waals surface area (Å²) in [7, 11) is 1.61. The van der Waals surface area contributed by atoms with E-state index in [1.54, 1.807) is 19.4 Å². The summed E-state index contributed by atoms with van der Waals surface area (Å²) in [5.41, 5.74) is 1.49. The largest absolute Gasteiger partial charge is 0.465 e. The maximum atomic E-state index is 9.04. The van der Waals surface area contributed by atoms with Crippen LogP contribution in [0, 0.1) is 6.92 Å². The van der Waals surface area contributed by atoms with Gasteiger partial charge in [0.25, 0.3) is 0 Å². The van der Waals surface area contributed by atoms with E-state index >= 15 is 0 Å². The molecule has 1 aromatic rings. The van der Waals surface area contributed by atoms with Crippen molar-refractivity contribution < 1.29 is 14.6 Å². The summed E-state index contributed by atoms with van der Waals surface area (Å²) in [6, 6.07) is 1.77. The van der Waals surface area contributed by atoms with Crippen molar-refractivity contribution in [2.75, 3.05) is 7.11 Å². The van der Waals surface area contributed by atoms with Crippen LogP contribution in [-0.4, -0.2) is 23.5 Å². The summed E-state index contributed by atoms with van der Waals surface area (Å²) < 4.78 is 10.7. The van der Waals surface area contributed by atoms with Crippen LogP contribution in [0.3, 0.4) is 0 Å². The minimum absolute atomic E-state index is 0. The second-order valence-corrected chi connectivity index (χ2v) is 3.23. The van der Waals surface area contributed by atoms with E-state index in [4.69, 9.17) is 14.6 Å². The minimum Gasteiger partial charge on any atom is -0.465 e. The number of methoxy groups -OCH3 is 1. The van der Waals surface area contributed by atoms with Crippen molar-refractivity contribution in [3.05, 3.63) is 23.5 Å². The molecule has 92 valence electrons. The summed E-state index contributed by atoms with van der Waals surface area (Å²) >= 11 is 0. The molecule has 0 spiro atoms. The van der Waals surface area contributed by atoms with E-state index in [2.05, 4.69) is 4.98 Å². The van der Waals surface area contributed by atoms with Crippen LogP contribution in [0.25, 0.3) is 0 Å². The summed E-state index contributed by atoms with van der Waals surface area (Å²) in [4.78, 5) is 4.05. The lowest BCUT2D eigenvalue weighted by Gasteiger charge is -2.17. The second-order valence-electron chi connectivity index (χ2n) is 3.23. The Kier molecular flexibility index (Phi) is 7.05. The van der Waals surface area contributed by atoms with Crippen molar-refractivity contribution in [1.29, 1.82) is 0 Å². The number of aliphatic hydroxyl groups is 1. The van der Waals surface area contributed by atoms with Crippen molar-refractivity contribution in [2.24, 2.45) is 0 Å². The molecule has 16 heavy (non-hydrogen) atoms. The van der Waals surface area contributed by atoms with Gasteiger partial charge in [-0.05, 0) is 13.0 Å². The lowest BCUT2D eigenvalue weighted by molar-refractivity contribution is -0.0553. The van der Waals surface area contributed by atoms with Crippen LogP contribution in [0.15, 0.2) is 12.3 Å². The third-order valence-electron chi connectivity index (χ3n) is 2.26. The Hall–Kier alpha value is -0.840. The minimum atomic E-state index is -0.252. The lowest BCUT2D eigenvalue weighted by atomic mass is 10.2. The van der Waals surface area contributed by atoms with Crippen molar-refractivity contribution in [2.45, 2.75) is 33.2 Å². The zero-order valence-electron chi connectivity index (χ0n) is 9.77. The molecular weight excluding hydrogens is 230 g/mol. The van der Waals surface area contributed by atoms with E-state index in [1.165, 1.54) is 0 Å². The fourth-order valence-corrected chi connectivity index (χ4v) is 1.29. The van der Waals surface area contributed by atoms with Crippen LogP contribution in [0.5, 0.6) is 5.75 Å². The molecule has 0 aromatic carbocycles. The van der Waals surface area contributed by atoms with Gasteiger partial charge >= 0.3 is 0 Å². The number of hydrogen-bond donors (Lipinski definition) is 1. The molecule has 1 atom stereocenters. The number of halogens is 1. The fourth-order valence-electron chi connectivity index (χ4n) is 1.29. The van der Waals surface area contributed by atoms with Crippen LogP contribution >= 0.6 is 12.4 Å². The number of hydrogen-bond acceptors (Lipinski definition) is 4. The molecule has 1 aromatic heterocycles. The second kappa shape index (κ2) is 7.44. The first kappa shape index (κ1) is 15.2. The van der Waals surface area contributed by atoms with Gasteiger partial charge in [-0.25, -0.2) is 0 Å². The quantitative estimate of drug-likeness (QED) is 0.810. The SMILES string of the molecule is CCC(OC)Oc1ccnc(CO)c1C.Cl. The Morgan fingerprint density at radius 1 is 1.50 bits per heavy atom. The molecule has 0 bridgehead atoms. The number of aliphatic hydroxyl groups excluding tert-OH is 1. The van der Waals surface area contributed by atoms with E-state index < -0.39 is 0 Å². The molecule has 0 aliphatic rings. The molecule has 1 unspecified atom stereocenters. The van der Waals surface area contributed by atoms with Gasteiger partial charge in [0.05, 0.1) is 12.3 Å². The molecule has 0 radical (unpaired) electrons. The zero-order valence-corrected chi connectivity index (χ0v) is 10.6. The lowest BCUT2D eigenvalue weighted by Crippen LogP contribution is -2.18. The Bertz CT molecular complexity index is 316. The van der Waals surface area contributed by atoms with Gasteiger partial charge in [0, 0.05) is 25.3 Å². The Morgan fingerprint density at radius 3 is 2.69 bits per heavy atom. The zero-order chi connectivity index (χ0) is 11.3. The highest BCUT2D eigenvalue weighted by molar-refractivity contribution is 5.85. The summed E-state index contributed by atoms with van der Waals surface area (Å²) in [5, 5.41) is 9.04. The van der Waals surface area contributed by atoms with Gasteiger partial charge in [0.1, 0.15) is 5.75 Å². The van der Waals surface area contributed by atoms with E-state index in [0.717, 1.165) is 12.0 Å². The van der Waals surface area contributed by atoms with Crippen LogP contribution in [0.1, 0.15) is 24.6 Å². The van der Waals surface area contributed by atoms with Gasteiger partial charge in [-0.2, -0.15) is 0 Å². The monoisotopic (exact) mass is 247 g/mol. The molecule has 1 heterocycles. The van der Waals surface area contributed by atoms with Gasteiger partial charge in [0.15, 0.2) is 6.29 Å². The number of pyridine rings is 1. The van der Waals surface area contributed by atoms with Gasteiger partial charge in [-0.1, -0.05) is 6.92 Å². The number of ether oxygens (including phenoxy) is 2. The number of aromatic nitrogens is 1. The van der Waals surface area contributed by atoms with E-state index in [0.29, 0.717) is 11.4 Å². The first-order valence-electron chi connectivity index (χ1n) is 4.97. The molecule has 0 saturated heterocycles. The summed E-state index contributed by atoms with van der Waals surface area (Å²) in [6.45, 7) is 3.78. The van der Waals surface area contributed by atoms with Gasteiger partial charge < -0.3 is 14.6 Å². The molecule has 0 fully saturated rings. The Morgan fingerprint density at radius 2 is 2.19 bits per heavy atom. The molecule has 0 saturated carbocycles. The highest BCUT2D eigenvalue weighted by atomic mass is 35.5. The smallest absolute Gasteiger partial charge is 0.199 e. The van der Waals surface area contributed by atoms with Gasteiger partial charge in [0.2, 0.25) is 0 Å². The van der Waals surface area contributed by atoms with Gasteiger partial charge in [-0.15, -0.1) is 12.4 Å². The third-order valence-corrected chi connectivity index (χ3v) is 2.26. The maximum Gasteiger partial charge on any atom is 0.199 e. The third kappa shape index (κ3) is 3.63. The van der Waals surface area contributed by atoms with Crippen LogP contribution < -0.4 is 4.74 Å². The molecule has 5 heteroatoms. The molecular formula is C11H18ClNO3. The summed E-state index contributed by atoms with van der Waals surface area (Å²) in [6.07, 6.45) is 2.14. The predicted octanol–water partition coefficient (Wildman–Crippen LogP) is 2.07. The topological polar surface area (TPSA) is 51.6 Å². The Balaban J connectivity index is 0.00000225. The van der Waals surface area contributed by atoms with Crippen molar-refractivity contribution >= 4 is 12.4 Å². The average molecular weight is 248 g/mol. The van der Waals surface area contributed by atoms with Crippen LogP contribution in [0.4, 0.5) is 0 Å².